The molecule has 1 heterocycles. The molecule has 0 aliphatic heterocycles. The van der Waals surface area contributed by atoms with E-state index in [2.05, 4.69) is 15.6 Å². The number of fused-ring (bicyclic) bond motifs is 1. The van der Waals surface area contributed by atoms with Crippen LogP contribution in [0.4, 0.5) is 5.69 Å². The molecular weight excluding hydrogens is 501 g/mol. The van der Waals surface area contributed by atoms with E-state index < -0.39 is 0 Å². The molecule has 3 N–H and O–H groups in total. The number of aromatic nitrogens is 1. The molecule has 1 aliphatic rings. The third-order valence-corrected chi connectivity index (χ3v) is 5.62. The van der Waals surface area contributed by atoms with Crippen LogP contribution in [0.2, 0.25) is 0 Å². The number of thiazole rings is 1. The minimum absolute atomic E-state index is 0. The van der Waals surface area contributed by atoms with Crippen molar-refractivity contribution < 1.29 is 9.90 Å². The molecule has 2 aromatic rings. The highest BCUT2D eigenvalue weighted by Crippen LogP contribution is 2.27. The van der Waals surface area contributed by atoms with Gasteiger partial charge in [-0.1, -0.05) is 0 Å². The summed E-state index contributed by atoms with van der Waals surface area (Å²) in [4.78, 5) is 24.8. The van der Waals surface area contributed by atoms with Gasteiger partial charge >= 0.3 is 0 Å². The van der Waals surface area contributed by atoms with E-state index in [9.17, 15) is 9.90 Å². The van der Waals surface area contributed by atoms with Gasteiger partial charge in [0.25, 0.3) is 0 Å². The zero-order valence-electron chi connectivity index (χ0n) is 16.8. The first-order valence-corrected chi connectivity index (χ1v) is 10.4. The molecule has 0 atom stereocenters. The van der Waals surface area contributed by atoms with Crippen LogP contribution in [0.1, 0.15) is 35.3 Å². The van der Waals surface area contributed by atoms with Crippen molar-refractivity contribution in [2.45, 2.75) is 39.2 Å². The van der Waals surface area contributed by atoms with E-state index in [1.165, 1.54) is 35.5 Å². The molecule has 0 bridgehead atoms. The molecule has 0 unspecified atom stereocenters. The van der Waals surface area contributed by atoms with E-state index in [0.29, 0.717) is 18.2 Å². The van der Waals surface area contributed by atoms with E-state index in [4.69, 9.17) is 4.98 Å². The van der Waals surface area contributed by atoms with Crippen molar-refractivity contribution in [3.63, 3.8) is 0 Å². The molecule has 3 rings (SSSR count). The molecule has 9 heteroatoms. The largest absolute Gasteiger partial charge is 0.508 e. The van der Waals surface area contributed by atoms with Crippen LogP contribution >= 0.6 is 35.3 Å². The lowest BCUT2D eigenvalue weighted by atomic mass is 10.0. The van der Waals surface area contributed by atoms with Crippen molar-refractivity contribution in [1.29, 1.82) is 0 Å². The number of carbonyl (C=O) groups excluding carboxylic acids is 1. The predicted molar refractivity (Wildman–Crippen MR) is 128 cm³/mol. The quantitative estimate of drug-likeness (QED) is 0.231. The van der Waals surface area contributed by atoms with Crippen LogP contribution in [0.5, 0.6) is 5.75 Å². The summed E-state index contributed by atoms with van der Waals surface area (Å²) in [5, 5.41) is 16.4. The topological polar surface area (TPSA) is 89.8 Å². The van der Waals surface area contributed by atoms with Crippen molar-refractivity contribution in [3.8, 4) is 5.75 Å². The molecule has 0 fully saturated rings. The Bertz CT molecular complexity index is 814. The van der Waals surface area contributed by atoms with E-state index in [1.807, 2.05) is 18.9 Å². The number of hydrogen-bond acceptors (Lipinski definition) is 5. The molecule has 1 amide bonds. The van der Waals surface area contributed by atoms with E-state index in [1.54, 1.807) is 23.5 Å². The Balaban J connectivity index is 0.00000300. The van der Waals surface area contributed by atoms with E-state index in [0.717, 1.165) is 24.4 Å². The number of nitrogens with one attached hydrogen (secondary N) is 2. The van der Waals surface area contributed by atoms with Gasteiger partial charge in [0, 0.05) is 24.2 Å². The molecule has 1 aliphatic carbocycles. The Hall–Kier alpha value is -1.88. The number of aromatic hydroxyl groups is 1. The standard InChI is InChI=1S/C20H27N5O2S.HI/c1-3-21-20(22-12-18(27)23-14-8-10-15(26)11-9-14)25(2)13-19-24-16-6-4-5-7-17(16)28-19;/h8-11,26H,3-7,12-13H2,1-2H3,(H,21,22)(H,23,27);1H. The van der Waals surface area contributed by atoms with Crippen LogP contribution in [0.25, 0.3) is 0 Å². The lowest BCUT2D eigenvalue weighted by Crippen LogP contribution is -2.39. The lowest BCUT2D eigenvalue weighted by molar-refractivity contribution is -0.114. The van der Waals surface area contributed by atoms with Gasteiger partial charge in [0.1, 0.15) is 17.3 Å². The maximum absolute atomic E-state index is 12.2. The second-order valence-electron chi connectivity index (χ2n) is 6.81. The average molecular weight is 529 g/mol. The fraction of sp³-hybridized carbons (Fsp3) is 0.450. The maximum Gasteiger partial charge on any atom is 0.246 e. The molecular formula is C20H28IN5O2S. The van der Waals surface area contributed by atoms with Gasteiger partial charge in [0.2, 0.25) is 5.91 Å². The Kier molecular flexibility index (Phi) is 9.15. The van der Waals surface area contributed by atoms with Crippen LogP contribution in [-0.4, -0.2) is 47.0 Å². The van der Waals surface area contributed by atoms with Gasteiger partial charge in [-0.3, -0.25) is 4.79 Å². The summed E-state index contributed by atoms with van der Waals surface area (Å²) in [6, 6.07) is 6.37. The van der Waals surface area contributed by atoms with Crippen LogP contribution in [0, 0.1) is 0 Å². The van der Waals surface area contributed by atoms with Crippen LogP contribution < -0.4 is 10.6 Å². The van der Waals surface area contributed by atoms with E-state index >= 15 is 0 Å². The molecule has 0 saturated heterocycles. The Morgan fingerprint density at radius 3 is 2.69 bits per heavy atom. The Labute approximate surface area is 192 Å². The number of carbonyl (C=O) groups is 1. The summed E-state index contributed by atoms with van der Waals surface area (Å²) in [5.74, 6) is 0.631. The van der Waals surface area contributed by atoms with Gasteiger partial charge in [0.15, 0.2) is 5.96 Å². The number of rotatable bonds is 6. The number of nitrogens with zero attached hydrogens (tertiary/aromatic N) is 3. The molecule has 0 radical (unpaired) electrons. The highest BCUT2D eigenvalue weighted by atomic mass is 127. The van der Waals surface area contributed by atoms with Crippen LogP contribution in [-0.2, 0) is 24.2 Å². The molecule has 0 saturated carbocycles. The SMILES string of the molecule is CCNC(=NCC(=O)Nc1ccc(O)cc1)N(C)Cc1nc2c(s1)CCCC2.I. The summed E-state index contributed by atoms with van der Waals surface area (Å²) in [6.07, 6.45) is 4.71. The second-order valence-corrected chi connectivity index (χ2v) is 7.97. The second kappa shape index (κ2) is 11.3. The fourth-order valence-corrected chi connectivity index (χ4v) is 4.32. The van der Waals surface area contributed by atoms with Gasteiger partial charge in [-0.2, -0.15) is 0 Å². The number of phenolic OH excluding ortho intramolecular Hbond substituents is 1. The third kappa shape index (κ3) is 6.84. The smallest absolute Gasteiger partial charge is 0.246 e. The van der Waals surface area contributed by atoms with Crippen molar-refractivity contribution in [2.75, 3.05) is 25.5 Å². The number of guanidine groups is 1. The molecule has 29 heavy (non-hydrogen) atoms. The number of hydrogen-bond donors (Lipinski definition) is 3. The summed E-state index contributed by atoms with van der Waals surface area (Å²) >= 11 is 1.79. The summed E-state index contributed by atoms with van der Waals surface area (Å²) in [7, 11) is 1.96. The molecule has 158 valence electrons. The normalized spacial score (nSPS) is 13.2. The number of halogens is 1. The molecule has 1 aromatic carbocycles. The number of aliphatic imine (C=N–C) groups is 1. The highest BCUT2D eigenvalue weighted by Gasteiger charge is 2.17. The maximum atomic E-state index is 12.2. The molecule has 7 nitrogen and oxygen atoms in total. The van der Waals surface area contributed by atoms with Gasteiger partial charge in [-0.05, 0) is 56.9 Å². The summed E-state index contributed by atoms with van der Waals surface area (Å²) < 4.78 is 0. The number of aryl methyl sites for hydroxylation is 2. The lowest BCUT2D eigenvalue weighted by Gasteiger charge is -2.20. The number of benzene rings is 1. The summed E-state index contributed by atoms with van der Waals surface area (Å²) in [6.45, 7) is 3.41. The minimum atomic E-state index is -0.209. The van der Waals surface area contributed by atoms with Gasteiger partial charge in [-0.25, -0.2) is 9.98 Å². The highest BCUT2D eigenvalue weighted by molar-refractivity contribution is 14.0. The average Bonchev–Trinajstić information content (AvgIpc) is 3.09. The Morgan fingerprint density at radius 2 is 2.00 bits per heavy atom. The zero-order valence-corrected chi connectivity index (χ0v) is 19.9. The Morgan fingerprint density at radius 1 is 1.28 bits per heavy atom. The van der Waals surface area contributed by atoms with Crippen molar-refractivity contribution in [3.05, 3.63) is 39.8 Å². The first-order chi connectivity index (χ1) is 13.5. The predicted octanol–water partition coefficient (Wildman–Crippen LogP) is 3.38. The van der Waals surface area contributed by atoms with Crippen molar-refractivity contribution in [2.24, 2.45) is 4.99 Å². The van der Waals surface area contributed by atoms with Crippen molar-refractivity contribution in [1.82, 2.24) is 15.2 Å². The van der Waals surface area contributed by atoms with Gasteiger partial charge in [-0.15, -0.1) is 35.3 Å². The number of anilines is 1. The first-order valence-electron chi connectivity index (χ1n) is 9.61. The number of amides is 1. The van der Waals surface area contributed by atoms with Crippen LogP contribution in [0.15, 0.2) is 29.3 Å². The van der Waals surface area contributed by atoms with Crippen molar-refractivity contribution >= 4 is 52.9 Å². The summed E-state index contributed by atoms with van der Waals surface area (Å²) in [5.41, 5.74) is 1.89. The zero-order chi connectivity index (χ0) is 19.9. The number of phenols is 1. The first kappa shape index (κ1) is 23.4. The minimum Gasteiger partial charge on any atom is -0.508 e. The molecule has 0 spiro atoms. The van der Waals surface area contributed by atoms with Crippen LogP contribution in [0.3, 0.4) is 0 Å². The fourth-order valence-electron chi connectivity index (χ4n) is 3.11. The van der Waals surface area contributed by atoms with E-state index in [-0.39, 0.29) is 42.2 Å². The third-order valence-electron chi connectivity index (χ3n) is 4.48. The monoisotopic (exact) mass is 529 g/mol. The van der Waals surface area contributed by atoms with Gasteiger partial charge < -0.3 is 20.6 Å². The van der Waals surface area contributed by atoms with Gasteiger partial charge in [0.05, 0.1) is 12.2 Å². The molecule has 1 aromatic heterocycles.